The first kappa shape index (κ1) is 11.9. The number of ether oxygens (including phenoxy) is 1. The highest BCUT2D eigenvalue weighted by molar-refractivity contribution is 9.10. The zero-order valence-electron chi connectivity index (χ0n) is 9.48. The lowest BCUT2D eigenvalue weighted by atomic mass is 10.2. The maximum Gasteiger partial charge on any atom is 0.142 e. The first-order valence-corrected chi connectivity index (χ1v) is 6.03. The highest BCUT2D eigenvalue weighted by Gasteiger charge is 2.03. The van der Waals surface area contributed by atoms with Crippen LogP contribution in [0.5, 0.6) is 5.75 Å². The number of aromatic nitrogens is 1. The monoisotopic (exact) mass is 292 g/mol. The molecule has 0 amide bonds. The Balaban J connectivity index is 2.10. The average molecular weight is 293 g/mol. The standard InChI is InChI=1S/C13H13BrN2O/c1-9-3-2-4-12(13(9)15)17-8-10-5-11(14)7-16-6-10/h2-7H,8,15H2,1H3. The number of nitrogens with zero attached hydrogens (tertiary/aromatic N) is 1. The van der Waals surface area contributed by atoms with Gasteiger partial charge in [-0.3, -0.25) is 4.98 Å². The summed E-state index contributed by atoms with van der Waals surface area (Å²) in [7, 11) is 0. The third kappa shape index (κ3) is 2.97. The molecule has 0 atom stereocenters. The van der Waals surface area contributed by atoms with E-state index in [9.17, 15) is 0 Å². The van der Waals surface area contributed by atoms with Crippen molar-refractivity contribution in [3.8, 4) is 5.75 Å². The number of hydrogen-bond acceptors (Lipinski definition) is 3. The Morgan fingerprint density at radius 3 is 2.94 bits per heavy atom. The Bertz CT molecular complexity index is 529. The van der Waals surface area contributed by atoms with Gasteiger partial charge in [0.25, 0.3) is 0 Å². The molecule has 17 heavy (non-hydrogen) atoms. The van der Waals surface area contributed by atoms with Crippen molar-refractivity contribution < 1.29 is 4.74 Å². The predicted molar refractivity (Wildman–Crippen MR) is 71.9 cm³/mol. The second-order valence-corrected chi connectivity index (χ2v) is 4.70. The van der Waals surface area contributed by atoms with Gasteiger partial charge in [0.05, 0.1) is 5.69 Å². The number of benzene rings is 1. The fourth-order valence-corrected chi connectivity index (χ4v) is 1.89. The quantitative estimate of drug-likeness (QED) is 0.883. The lowest BCUT2D eigenvalue weighted by molar-refractivity contribution is 0.307. The topological polar surface area (TPSA) is 48.1 Å². The summed E-state index contributed by atoms with van der Waals surface area (Å²) in [5, 5.41) is 0. The van der Waals surface area contributed by atoms with Crippen LogP contribution in [0.2, 0.25) is 0 Å². The molecular formula is C13H13BrN2O. The van der Waals surface area contributed by atoms with E-state index in [-0.39, 0.29) is 0 Å². The molecule has 1 aromatic heterocycles. The molecule has 0 aliphatic carbocycles. The van der Waals surface area contributed by atoms with E-state index in [4.69, 9.17) is 10.5 Å². The van der Waals surface area contributed by atoms with Crippen molar-refractivity contribution in [3.63, 3.8) is 0 Å². The molecule has 2 rings (SSSR count). The van der Waals surface area contributed by atoms with Crippen molar-refractivity contribution in [1.82, 2.24) is 4.98 Å². The molecule has 1 heterocycles. The molecule has 2 aromatic rings. The van der Waals surface area contributed by atoms with E-state index >= 15 is 0 Å². The second-order valence-electron chi connectivity index (χ2n) is 3.79. The minimum atomic E-state index is 0.458. The van der Waals surface area contributed by atoms with Crippen LogP contribution in [0.4, 0.5) is 5.69 Å². The molecule has 0 aliphatic rings. The minimum absolute atomic E-state index is 0.458. The van der Waals surface area contributed by atoms with Gasteiger partial charge in [-0.1, -0.05) is 12.1 Å². The number of anilines is 1. The van der Waals surface area contributed by atoms with Crippen LogP contribution in [0.25, 0.3) is 0 Å². The largest absolute Gasteiger partial charge is 0.487 e. The SMILES string of the molecule is Cc1cccc(OCc2cncc(Br)c2)c1N. The number of para-hydroxylation sites is 1. The van der Waals surface area contributed by atoms with Crippen LogP contribution >= 0.6 is 15.9 Å². The fourth-order valence-electron chi connectivity index (χ4n) is 1.48. The summed E-state index contributed by atoms with van der Waals surface area (Å²) >= 11 is 3.37. The Morgan fingerprint density at radius 2 is 2.18 bits per heavy atom. The van der Waals surface area contributed by atoms with Crippen LogP contribution in [0.3, 0.4) is 0 Å². The van der Waals surface area contributed by atoms with Crippen molar-refractivity contribution >= 4 is 21.6 Å². The molecule has 1 aromatic carbocycles. The maximum absolute atomic E-state index is 5.93. The number of pyridine rings is 1. The predicted octanol–water partition coefficient (Wildman–Crippen LogP) is 3.31. The lowest BCUT2D eigenvalue weighted by Gasteiger charge is -2.10. The van der Waals surface area contributed by atoms with E-state index in [1.165, 1.54) is 0 Å². The Labute approximate surface area is 109 Å². The Kier molecular flexibility index (Phi) is 3.64. The number of nitrogen functional groups attached to an aromatic ring is 1. The zero-order chi connectivity index (χ0) is 12.3. The van der Waals surface area contributed by atoms with E-state index in [1.54, 1.807) is 12.4 Å². The number of halogens is 1. The van der Waals surface area contributed by atoms with Gasteiger partial charge in [-0.15, -0.1) is 0 Å². The average Bonchev–Trinajstić information content (AvgIpc) is 2.31. The van der Waals surface area contributed by atoms with E-state index < -0.39 is 0 Å². The molecule has 0 radical (unpaired) electrons. The molecule has 0 bridgehead atoms. The molecule has 0 unspecified atom stereocenters. The molecule has 4 heteroatoms. The van der Waals surface area contributed by atoms with E-state index in [1.807, 2.05) is 31.2 Å². The number of aryl methyl sites for hydroxylation is 1. The van der Waals surface area contributed by atoms with Gasteiger partial charge in [0.2, 0.25) is 0 Å². The molecule has 0 spiro atoms. The van der Waals surface area contributed by atoms with Crippen LogP contribution in [-0.2, 0) is 6.61 Å². The minimum Gasteiger partial charge on any atom is -0.487 e. The molecular weight excluding hydrogens is 280 g/mol. The highest BCUT2D eigenvalue weighted by atomic mass is 79.9. The van der Waals surface area contributed by atoms with Gasteiger partial charge in [-0.05, 0) is 40.5 Å². The van der Waals surface area contributed by atoms with Crippen molar-refractivity contribution in [2.45, 2.75) is 13.5 Å². The first-order chi connectivity index (χ1) is 8.16. The van der Waals surface area contributed by atoms with Crippen LogP contribution in [0.1, 0.15) is 11.1 Å². The maximum atomic E-state index is 5.93. The van der Waals surface area contributed by atoms with Gasteiger partial charge >= 0.3 is 0 Å². The molecule has 88 valence electrons. The Morgan fingerprint density at radius 1 is 1.35 bits per heavy atom. The van der Waals surface area contributed by atoms with Crippen LogP contribution < -0.4 is 10.5 Å². The normalized spacial score (nSPS) is 10.2. The van der Waals surface area contributed by atoms with Crippen LogP contribution in [0.15, 0.2) is 41.1 Å². The van der Waals surface area contributed by atoms with Crippen molar-refractivity contribution in [1.29, 1.82) is 0 Å². The van der Waals surface area contributed by atoms with Crippen molar-refractivity contribution in [3.05, 3.63) is 52.3 Å². The summed E-state index contributed by atoms with van der Waals surface area (Å²) in [4.78, 5) is 4.08. The summed E-state index contributed by atoms with van der Waals surface area (Å²) in [6, 6.07) is 7.73. The molecule has 0 saturated heterocycles. The summed E-state index contributed by atoms with van der Waals surface area (Å²) in [6.07, 6.45) is 3.52. The second kappa shape index (κ2) is 5.19. The third-order valence-corrected chi connectivity index (χ3v) is 2.87. The van der Waals surface area contributed by atoms with Gasteiger partial charge in [-0.2, -0.15) is 0 Å². The molecule has 3 nitrogen and oxygen atoms in total. The van der Waals surface area contributed by atoms with Crippen molar-refractivity contribution in [2.75, 3.05) is 5.73 Å². The number of rotatable bonds is 3. The lowest BCUT2D eigenvalue weighted by Crippen LogP contribution is -2.00. The zero-order valence-corrected chi connectivity index (χ0v) is 11.1. The van der Waals surface area contributed by atoms with Crippen LogP contribution in [0, 0.1) is 6.92 Å². The van der Waals surface area contributed by atoms with E-state index in [0.717, 1.165) is 15.6 Å². The summed E-state index contributed by atoms with van der Waals surface area (Å²) in [6.45, 7) is 2.42. The Hall–Kier alpha value is -1.55. The summed E-state index contributed by atoms with van der Waals surface area (Å²) < 4.78 is 6.61. The molecule has 0 saturated carbocycles. The first-order valence-electron chi connectivity index (χ1n) is 5.24. The fraction of sp³-hybridized carbons (Fsp3) is 0.154. The highest BCUT2D eigenvalue weighted by Crippen LogP contribution is 2.25. The number of hydrogen-bond donors (Lipinski definition) is 1. The molecule has 0 aliphatic heterocycles. The van der Waals surface area contributed by atoms with Gasteiger partial charge in [-0.25, -0.2) is 0 Å². The number of nitrogens with two attached hydrogens (primary N) is 1. The third-order valence-electron chi connectivity index (χ3n) is 2.44. The summed E-state index contributed by atoms with van der Waals surface area (Å²) in [5.41, 5.74) is 8.64. The van der Waals surface area contributed by atoms with Gasteiger partial charge in [0.15, 0.2) is 0 Å². The van der Waals surface area contributed by atoms with Gasteiger partial charge in [0, 0.05) is 22.4 Å². The van der Waals surface area contributed by atoms with Crippen LogP contribution in [-0.4, -0.2) is 4.98 Å². The summed E-state index contributed by atoms with van der Waals surface area (Å²) in [5.74, 6) is 0.713. The van der Waals surface area contributed by atoms with Gasteiger partial charge in [0.1, 0.15) is 12.4 Å². The smallest absolute Gasteiger partial charge is 0.142 e. The molecule has 2 N–H and O–H groups in total. The molecule has 0 fully saturated rings. The van der Waals surface area contributed by atoms with Crippen molar-refractivity contribution in [2.24, 2.45) is 0 Å². The van der Waals surface area contributed by atoms with E-state index in [0.29, 0.717) is 18.0 Å². The van der Waals surface area contributed by atoms with Gasteiger partial charge < -0.3 is 10.5 Å². The van der Waals surface area contributed by atoms with E-state index in [2.05, 4.69) is 20.9 Å².